The van der Waals surface area contributed by atoms with Crippen molar-refractivity contribution in [1.29, 1.82) is 0 Å². The van der Waals surface area contributed by atoms with Crippen LogP contribution >= 0.6 is 15.9 Å². The first-order valence-corrected chi connectivity index (χ1v) is 11.2. The van der Waals surface area contributed by atoms with Crippen molar-refractivity contribution in [1.82, 2.24) is 9.88 Å². The Morgan fingerprint density at radius 3 is 2.41 bits per heavy atom. The lowest BCUT2D eigenvalue weighted by atomic mass is 9.71. The van der Waals surface area contributed by atoms with Gasteiger partial charge in [-0.1, -0.05) is 58.4 Å². The highest BCUT2D eigenvalue weighted by atomic mass is 79.9. The predicted octanol–water partition coefficient (Wildman–Crippen LogP) is 3.18. The topological polar surface area (TPSA) is 82.9 Å². The number of carbonyl (C=O) groups is 1. The van der Waals surface area contributed by atoms with Crippen molar-refractivity contribution < 1.29 is 19.7 Å². The highest BCUT2D eigenvalue weighted by Gasteiger charge is 2.78. The number of halogens is 1. The van der Waals surface area contributed by atoms with Crippen molar-refractivity contribution in [2.75, 3.05) is 14.1 Å². The smallest absolute Gasteiger partial charge is 0.228 e. The maximum atomic E-state index is 13.4. The van der Waals surface area contributed by atoms with Crippen molar-refractivity contribution in [3.05, 3.63) is 94.2 Å². The summed E-state index contributed by atoms with van der Waals surface area (Å²) in [6, 6.07) is 20.3. The van der Waals surface area contributed by atoms with E-state index in [2.05, 4.69) is 20.9 Å². The summed E-state index contributed by atoms with van der Waals surface area (Å²) >= 11 is 3.47. The number of carbonyl (C=O) groups excluding carboxylic acids is 1. The maximum Gasteiger partial charge on any atom is 0.228 e. The molecule has 5 atom stereocenters. The molecule has 6 nitrogen and oxygen atoms in total. The molecule has 1 amide bonds. The second-order valence-electron chi connectivity index (χ2n) is 8.55. The summed E-state index contributed by atoms with van der Waals surface area (Å²) in [5, 5.41) is 24.0. The van der Waals surface area contributed by atoms with Gasteiger partial charge in [0, 0.05) is 30.7 Å². The van der Waals surface area contributed by atoms with E-state index in [9.17, 15) is 15.0 Å². The van der Waals surface area contributed by atoms with Crippen molar-refractivity contribution in [2.45, 2.75) is 23.2 Å². The Labute approximate surface area is 194 Å². The number of aliphatic hydroxyl groups is 2. The summed E-state index contributed by atoms with van der Waals surface area (Å²) in [5.74, 6) is -1.51. The van der Waals surface area contributed by atoms with Gasteiger partial charge in [-0.3, -0.25) is 9.78 Å². The molecule has 2 aromatic carbocycles. The Bertz CT molecular complexity index is 1170. The van der Waals surface area contributed by atoms with Crippen LogP contribution in [0, 0.1) is 5.92 Å². The van der Waals surface area contributed by atoms with Gasteiger partial charge in [0.15, 0.2) is 11.2 Å². The van der Waals surface area contributed by atoms with Gasteiger partial charge in [0.1, 0.15) is 17.5 Å². The van der Waals surface area contributed by atoms with Crippen LogP contribution < -0.4 is 4.74 Å². The Kier molecular flexibility index (Phi) is 4.89. The molecule has 7 heteroatoms. The fourth-order valence-electron chi connectivity index (χ4n) is 5.38. The van der Waals surface area contributed by atoms with Gasteiger partial charge in [-0.15, -0.1) is 0 Å². The number of aliphatic hydroxyl groups excluding tert-OH is 1. The third kappa shape index (κ3) is 2.65. The summed E-state index contributed by atoms with van der Waals surface area (Å²) in [6.07, 6.45) is 0.116. The quantitative estimate of drug-likeness (QED) is 0.584. The monoisotopic (exact) mass is 494 g/mol. The van der Waals surface area contributed by atoms with E-state index in [1.54, 1.807) is 32.4 Å². The standard InChI is InChI=1S/C25H23BrN2O4/c1-28(2)23(30)19-20(15-7-4-3-5-8-15)25(16-10-12-17(26)13-11-16)24(31,22(19)29)21-18(32-25)9-6-14-27-21/h3-14,19-20,22,29,31H,1-2H3/t19-,20-,22-,24+,25+/m1/s1. The summed E-state index contributed by atoms with van der Waals surface area (Å²) in [6.45, 7) is 0. The van der Waals surface area contributed by atoms with Crippen LogP contribution in [0.1, 0.15) is 22.7 Å². The van der Waals surface area contributed by atoms with Crippen LogP contribution in [-0.4, -0.2) is 46.2 Å². The molecule has 1 aliphatic carbocycles. The Morgan fingerprint density at radius 2 is 1.75 bits per heavy atom. The molecule has 5 rings (SSSR count). The van der Waals surface area contributed by atoms with Gasteiger partial charge in [0.2, 0.25) is 5.91 Å². The number of aromatic nitrogens is 1. The summed E-state index contributed by atoms with van der Waals surface area (Å²) < 4.78 is 7.45. The Balaban J connectivity index is 1.86. The fourth-order valence-corrected chi connectivity index (χ4v) is 5.64. The molecule has 164 valence electrons. The fraction of sp³-hybridized carbons (Fsp3) is 0.280. The molecular formula is C25H23BrN2O4. The van der Waals surface area contributed by atoms with Crippen LogP contribution in [0.2, 0.25) is 0 Å². The second kappa shape index (κ2) is 7.40. The van der Waals surface area contributed by atoms with Gasteiger partial charge < -0.3 is 19.8 Å². The van der Waals surface area contributed by atoms with Crippen LogP contribution in [0.15, 0.2) is 77.4 Å². The number of benzene rings is 2. The molecule has 1 fully saturated rings. The van der Waals surface area contributed by atoms with Gasteiger partial charge >= 0.3 is 0 Å². The van der Waals surface area contributed by atoms with Crippen molar-refractivity contribution >= 4 is 21.8 Å². The maximum absolute atomic E-state index is 13.4. The normalized spacial score (nSPS) is 30.3. The predicted molar refractivity (Wildman–Crippen MR) is 122 cm³/mol. The summed E-state index contributed by atoms with van der Waals surface area (Å²) in [5.41, 5.74) is -1.71. The average molecular weight is 495 g/mol. The molecule has 32 heavy (non-hydrogen) atoms. The van der Waals surface area contributed by atoms with Crippen LogP contribution in [0.25, 0.3) is 0 Å². The third-order valence-electron chi connectivity index (χ3n) is 6.69. The molecule has 0 spiro atoms. The van der Waals surface area contributed by atoms with E-state index < -0.39 is 29.1 Å². The molecule has 1 aliphatic heterocycles. The van der Waals surface area contributed by atoms with Crippen LogP contribution in [-0.2, 0) is 16.0 Å². The Morgan fingerprint density at radius 1 is 1.06 bits per heavy atom. The lowest BCUT2D eigenvalue weighted by molar-refractivity contribution is -0.157. The summed E-state index contributed by atoms with van der Waals surface area (Å²) in [4.78, 5) is 19.3. The number of amides is 1. The SMILES string of the molecule is CN(C)C(=O)[C@H]1[C@@H](O)[C@@]2(O)c3ncccc3O[C@@]2(c2ccc(Br)cc2)[C@@H]1c1ccccc1. The molecule has 2 N–H and O–H groups in total. The molecule has 2 aliphatic rings. The minimum atomic E-state index is -1.94. The molecule has 1 aromatic heterocycles. The van der Waals surface area contributed by atoms with Crippen LogP contribution in [0.3, 0.4) is 0 Å². The highest BCUT2D eigenvalue weighted by molar-refractivity contribution is 9.10. The lowest BCUT2D eigenvalue weighted by Crippen LogP contribution is -2.52. The molecular weight excluding hydrogens is 472 g/mol. The first kappa shape index (κ1) is 21.1. The van der Waals surface area contributed by atoms with E-state index in [0.717, 1.165) is 10.0 Å². The number of nitrogens with zero attached hydrogens (tertiary/aromatic N) is 2. The van der Waals surface area contributed by atoms with E-state index in [4.69, 9.17) is 4.74 Å². The molecule has 2 heterocycles. The number of rotatable bonds is 3. The minimum Gasteiger partial charge on any atom is -0.476 e. The zero-order chi connectivity index (χ0) is 22.7. The number of fused-ring (bicyclic) bond motifs is 3. The summed E-state index contributed by atoms with van der Waals surface area (Å²) in [7, 11) is 3.29. The first-order valence-electron chi connectivity index (χ1n) is 10.4. The first-order chi connectivity index (χ1) is 15.3. The van der Waals surface area contributed by atoms with Gasteiger partial charge in [-0.25, -0.2) is 0 Å². The van der Waals surface area contributed by atoms with E-state index in [-0.39, 0.29) is 11.6 Å². The molecule has 0 radical (unpaired) electrons. The zero-order valence-electron chi connectivity index (χ0n) is 17.6. The number of ether oxygens (including phenoxy) is 1. The van der Waals surface area contributed by atoms with E-state index in [0.29, 0.717) is 11.3 Å². The Hall–Kier alpha value is -2.74. The molecule has 0 unspecified atom stereocenters. The minimum absolute atomic E-state index is 0.241. The van der Waals surface area contributed by atoms with Crippen LogP contribution in [0.4, 0.5) is 0 Å². The molecule has 3 aromatic rings. The largest absolute Gasteiger partial charge is 0.476 e. The highest BCUT2D eigenvalue weighted by Crippen LogP contribution is 2.68. The van der Waals surface area contributed by atoms with Crippen molar-refractivity contribution in [3.8, 4) is 5.75 Å². The van der Waals surface area contributed by atoms with Gasteiger partial charge in [0.05, 0.1) is 5.92 Å². The number of hydrogen-bond donors (Lipinski definition) is 2. The second-order valence-corrected chi connectivity index (χ2v) is 9.47. The zero-order valence-corrected chi connectivity index (χ0v) is 19.2. The van der Waals surface area contributed by atoms with Crippen molar-refractivity contribution in [2.24, 2.45) is 5.92 Å². The number of hydrogen-bond acceptors (Lipinski definition) is 5. The van der Waals surface area contributed by atoms with E-state index >= 15 is 0 Å². The molecule has 1 saturated carbocycles. The van der Waals surface area contributed by atoms with E-state index in [1.165, 1.54) is 4.90 Å². The number of pyridine rings is 1. The van der Waals surface area contributed by atoms with Gasteiger partial charge in [-0.2, -0.15) is 0 Å². The molecule has 0 saturated heterocycles. The lowest BCUT2D eigenvalue weighted by Gasteiger charge is -2.40. The van der Waals surface area contributed by atoms with Crippen molar-refractivity contribution in [3.63, 3.8) is 0 Å². The van der Waals surface area contributed by atoms with E-state index in [1.807, 2.05) is 54.6 Å². The average Bonchev–Trinajstić information content (AvgIpc) is 3.18. The third-order valence-corrected chi connectivity index (χ3v) is 7.22. The van der Waals surface area contributed by atoms with Gasteiger partial charge in [0.25, 0.3) is 0 Å². The van der Waals surface area contributed by atoms with Gasteiger partial charge in [-0.05, 0) is 35.4 Å². The van der Waals surface area contributed by atoms with Crippen LogP contribution in [0.5, 0.6) is 5.75 Å². The molecule has 0 bridgehead atoms.